The predicted octanol–water partition coefficient (Wildman–Crippen LogP) is 1.52. The second-order valence-electron chi connectivity index (χ2n) is 3.52. The first kappa shape index (κ1) is 8.94. The van der Waals surface area contributed by atoms with Crippen LogP contribution in [-0.2, 0) is 0 Å². The first-order chi connectivity index (χ1) is 6.77. The summed E-state index contributed by atoms with van der Waals surface area (Å²) in [5.74, 6) is 0.387. The third kappa shape index (κ3) is 1.99. The van der Waals surface area contributed by atoms with E-state index in [1.807, 2.05) is 0 Å². The van der Waals surface area contributed by atoms with Crippen LogP contribution in [0.1, 0.15) is 23.2 Å². The van der Waals surface area contributed by atoms with Crippen molar-refractivity contribution >= 4 is 5.78 Å². The molecule has 14 heavy (non-hydrogen) atoms. The Hall–Kier alpha value is -1.64. The third-order valence-corrected chi connectivity index (χ3v) is 2.29. The highest BCUT2D eigenvalue weighted by atomic mass is 16.1. The van der Waals surface area contributed by atoms with Gasteiger partial charge in [-0.05, 0) is 30.9 Å². The number of nitrogens with zero attached hydrogens (tertiary/aromatic N) is 1. The molecule has 3 nitrogen and oxygen atoms in total. The van der Waals surface area contributed by atoms with Gasteiger partial charge in [-0.3, -0.25) is 9.78 Å². The van der Waals surface area contributed by atoms with Crippen LogP contribution in [0.3, 0.4) is 0 Å². The van der Waals surface area contributed by atoms with Crippen LogP contribution in [0.15, 0.2) is 36.3 Å². The van der Waals surface area contributed by atoms with Crippen LogP contribution in [0.25, 0.3) is 0 Å². The van der Waals surface area contributed by atoms with Crippen LogP contribution in [0, 0.1) is 5.92 Å². The lowest BCUT2D eigenvalue weighted by Crippen LogP contribution is -2.04. The Morgan fingerprint density at radius 2 is 2.36 bits per heavy atom. The highest BCUT2D eigenvalue weighted by Gasteiger charge is 2.24. The fourth-order valence-electron chi connectivity index (χ4n) is 1.28. The van der Waals surface area contributed by atoms with Crippen LogP contribution in [0.2, 0.25) is 0 Å². The molecule has 1 saturated carbocycles. The Labute approximate surface area is 82.6 Å². The molecule has 1 aromatic heterocycles. The summed E-state index contributed by atoms with van der Waals surface area (Å²) in [7, 11) is 0. The number of carbonyl (C=O) groups excluding carboxylic acids is 1. The van der Waals surface area contributed by atoms with Crippen molar-refractivity contribution < 1.29 is 4.79 Å². The van der Waals surface area contributed by atoms with Crippen LogP contribution >= 0.6 is 0 Å². The smallest absolute Gasteiger partial charge is 0.189 e. The summed E-state index contributed by atoms with van der Waals surface area (Å²) >= 11 is 0. The number of pyridine rings is 1. The molecule has 0 bridgehead atoms. The molecule has 2 rings (SSSR count). The van der Waals surface area contributed by atoms with Gasteiger partial charge in [0.05, 0.1) is 0 Å². The molecule has 1 aliphatic rings. The minimum Gasteiger partial charge on any atom is -0.402 e. The van der Waals surface area contributed by atoms with Crippen molar-refractivity contribution in [2.75, 3.05) is 0 Å². The first-order valence-corrected chi connectivity index (χ1v) is 4.69. The van der Waals surface area contributed by atoms with Gasteiger partial charge < -0.3 is 5.73 Å². The fourth-order valence-corrected chi connectivity index (χ4v) is 1.28. The summed E-state index contributed by atoms with van der Waals surface area (Å²) in [4.78, 5) is 15.5. The number of allylic oxidation sites excluding steroid dienone is 2. The largest absolute Gasteiger partial charge is 0.402 e. The van der Waals surface area contributed by atoms with Crippen molar-refractivity contribution in [1.29, 1.82) is 0 Å². The molecule has 0 amide bonds. The van der Waals surface area contributed by atoms with Gasteiger partial charge in [-0.15, -0.1) is 0 Å². The second-order valence-corrected chi connectivity index (χ2v) is 3.52. The van der Waals surface area contributed by atoms with Crippen LogP contribution in [-0.4, -0.2) is 10.8 Å². The summed E-state index contributed by atoms with van der Waals surface area (Å²) in [5, 5.41) is 0. The number of rotatable bonds is 3. The fraction of sp³-hybridized carbons (Fsp3) is 0.273. The SMILES string of the molecule is N/C(=C/C(=O)c1cccnc1)C1CC1. The number of nitrogens with two attached hydrogens (primary N) is 1. The minimum atomic E-state index is -0.0532. The number of hydrogen-bond acceptors (Lipinski definition) is 3. The van der Waals surface area contributed by atoms with E-state index >= 15 is 0 Å². The Morgan fingerprint density at radius 1 is 1.57 bits per heavy atom. The van der Waals surface area contributed by atoms with E-state index in [-0.39, 0.29) is 5.78 Å². The standard InChI is InChI=1S/C11H12N2O/c12-10(8-3-4-8)6-11(14)9-2-1-5-13-7-9/h1-2,5-8H,3-4,12H2/b10-6+. The molecule has 1 aliphatic carbocycles. The van der Waals surface area contributed by atoms with Gasteiger partial charge in [0.25, 0.3) is 0 Å². The topological polar surface area (TPSA) is 56.0 Å². The molecule has 3 heteroatoms. The summed E-state index contributed by atoms with van der Waals surface area (Å²) in [6, 6.07) is 3.49. The molecule has 1 fully saturated rings. The minimum absolute atomic E-state index is 0.0532. The lowest BCUT2D eigenvalue weighted by atomic mass is 10.1. The molecular formula is C11H12N2O. The molecule has 0 aliphatic heterocycles. The molecule has 0 radical (unpaired) electrons. The van der Waals surface area contributed by atoms with Crippen molar-refractivity contribution in [2.45, 2.75) is 12.8 Å². The third-order valence-electron chi connectivity index (χ3n) is 2.29. The van der Waals surface area contributed by atoms with Gasteiger partial charge in [0.2, 0.25) is 0 Å². The molecular weight excluding hydrogens is 176 g/mol. The summed E-state index contributed by atoms with van der Waals surface area (Å²) in [5.41, 5.74) is 7.04. The average Bonchev–Trinajstić information content (AvgIpc) is 3.02. The van der Waals surface area contributed by atoms with E-state index in [0.717, 1.165) is 12.8 Å². The number of aromatic nitrogens is 1. The highest BCUT2D eigenvalue weighted by Crippen LogP contribution is 2.33. The first-order valence-electron chi connectivity index (χ1n) is 4.69. The van der Waals surface area contributed by atoms with Gasteiger partial charge in [0, 0.05) is 29.7 Å². The zero-order valence-electron chi connectivity index (χ0n) is 7.81. The van der Waals surface area contributed by atoms with Crippen LogP contribution in [0.5, 0.6) is 0 Å². The van der Waals surface area contributed by atoms with Gasteiger partial charge in [0.15, 0.2) is 5.78 Å². The van der Waals surface area contributed by atoms with Crippen molar-refractivity contribution in [1.82, 2.24) is 4.98 Å². The van der Waals surface area contributed by atoms with Crippen LogP contribution < -0.4 is 5.73 Å². The molecule has 1 heterocycles. The van der Waals surface area contributed by atoms with Crippen molar-refractivity contribution in [3.8, 4) is 0 Å². The van der Waals surface area contributed by atoms with Gasteiger partial charge >= 0.3 is 0 Å². The zero-order chi connectivity index (χ0) is 9.97. The maximum atomic E-state index is 11.6. The Balaban J connectivity index is 2.12. The molecule has 0 spiro atoms. The molecule has 0 unspecified atom stereocenters. The highest BCUT2D eigenvalue weighted by molar-refractivity contribution is 6.04. The van der Waals surface area contributed by atoms with Crippen molar-refractivity contribution in [3.63, 3.8) is 0 Å². The van der Waals surface area contributed by atoms with Crippen molar-refractivity contribution in [3.05, 3.63) is 41.9 Å². The van der Waals surface area contributed by atoms with E-state index in [1.54, 1.807) is 24.5 Å². The number of carbonyl (C=O) groups is 1. The van der Waals surface area contributed by atoms with Gasteiger partial charge in [-0.1, -0.05) is 0 Å². The molecule has 72 valence electrons. The maximum absolute atomic E-state index is 11.6. The Morgan fingerprint density at radius 3 is 2.93 bits per heavy atom. The maximum Gasteiger partial charge on any atom is 0.189 e. The summed E-state index contributed by atoms with van der Waals surface area (Å²) in [6.45, 7) is 0. The molecule has 1 aromatic rings. The molecule has 2 N–H and O–H groups in total. The van der Waals surface area contributed by atoms with E-state index in [4.69, 9.17) is 5.73 Å². The van der Waals surface area contributed by atoms with E-state index in [1.165, 1.54) is 6.08 Å². The number of hydrogen-bond donors (Lipinski definition) is 1. The van der Waals surface area contributed by atoms with Gasteiger partial charge in [-0.2, -0.15) is 0 Å². The molecule has 0 aromatic carbocycles. The van der Waals surface area contributed by atoms with E-state index in [0.29, 0.717) is 17.2 Å². The predicted molar refractivity (Wildman–Crippen MR) is 53.6 cm³/mol. The monoisotopic (exact) mass is 188 g/mol. The van der Waals surface area contributed by atoms with E-state index in [2.05, 4.69) is 4.98 Å². The number of ketones is 1. The summed E-state index contributed by atoms with van der Waals surface area (Å²) < 4.78 is 0. The Kier molecular flexibility index (Phi) is 2.31. The molecule has 0 saturated heterocycles. The second kappa shape index (κ2) is 3.62. The normalized spacial score (nSPS) is 16.7. The van der Waals surface area contributed by atoms with E-state index in [9.17, 15) is 4.79 Å². The summed E-state index contributed by atoms with van der Waals surface area (Å²) in [6.07, 6.45) is 6.95. The van der Waals surface area contributed by atoms with Gasteiger partial charge in [0.1, 0.15) is 0 Å². The van der Waals surface area contributed by atoms with Crippen molar-refractivity contribution in [2.24, 2.45) is 11.7 Å². The lowest BCUT2D eigenvalue weighted by Gasteiger charge is -1.97. The quantitative estimate of drug-likeness (QED) is 0.578. The zero-order valence-corrected chi connectivity index (χ0v) is 7.81. The average molecular weight is 188 g/mol. The molecule has 0 atom stereocenters. The van der Waals surface area contributed by atoms with Gasteiger partial charge in [-0.25, -0.2) is 0 Å². The van der Waals surface area contributed by atoms with Crippen LogP contribution in [0.4, 0.5) is 0 Å². The Bertz CT molecular complexity index is 366. The lowest BCUT2D eigenvalue weighted by molar-refractivity contribution is 0.104. The van der Waals surface area contributed by atoms with E-state index < -0.39 is 0 Å².